The van der Waals surface area contributed by atoms with E-state index in [1.54, 1.807) is 30.3 Å². The lowest BCUT2D eigenvalue weighted by Gasteiger charge is -2.15. The van der Waals surface area contributed by atoms with E-state index in [4.69, 9.17) is 21.1 Å². The van der Waals surface area contributed by atoms with Gasteiger partial charge in [-0.05, 0) is 83.1 Å². The van der Waals surface area contributed by atoms with Crippen molar-refractivity contribution in [1.29, 1.82) is 5.26 Å². The van der Waals surface area contributed by atoms with Crippen LogP contribution in [0.1, 0.15) is 18.1 Å². The number of nitrogens with one attached hydrogen (secondary N) is 1. The van der Waals surface area contributed by atoms with Crippen molar-refractivity contribution in [2.75, 3.05) is 11.9 Å². The highest BCUT2D eigenvalue weighted by atomic mass is 127. The summed E-state index contributed by atoms with van der Waals surface area (Å²) in [6, 6.07) is 22.1. The van der Waals surface area contributed by atoms with Crippen LogP contribution in [-0.2, 0) is 11.4 Å². The number of amides is 1. The van der Waals surface area contributed by atoms with Crippen LogP contribution in [0, 0.1) is 14.9 Å². The van der Waals surface area contributed by atoms with Gasteiger partial charge in [-0.25, -0.2) is 0 Å². The summed E-state index contributed by atoms with van der Waals surface area (Å²) in [4.78, 5) is 12.6. The van der Waals surface area contributed by atoms with Crippen LogP contribution in [-0.4, -0.2) is 12.5 Å². The minimum Gasteiger partial charge on any atom is -0.490 e. The van der Waals surface area contributed by atoms with Gasteiger partial charge in [-0.15, -0.1) is 0 Å². The third-order valence-electron chi connectivity index (χ3n) is 4.34. The third kappa shape index (κ3) is 6.49. The molecule has 0 aliphatic carbocycles. The lowest BCUT2D eigenvalue weighted by molar-refractivity contribution is -0.112. The first-order valence-corrected chi connectivity index (χ1v) is 11.3. The summed E-state index contributed by atoms with van der Waals surface area (Å²) in [7, 11) is 0. The van der Waals surface area contributed by atoms with Gasteiger partial charge in [0.15, 0.2) is 11.5 Å². The van der Waals surface area contributed by atoms with Crippen molar-refractivity contribution >= 4 is 51.9 Å². The van der Waals surface area contributed by atoms with Gasteiger partial charge in [0.1, 0.15) is 18.2 Å². The molecular weight excluding hydrogens is 539 g/mol. The Morgan fingerprint density at radius 3 is 2.50 bits per heavy atom. The summed E-state index contributed by atoms with van der Waals surface area (Å²) < 4.78 is 12.6. The van der Waals surface area contributed by atoms with Crippen molar-refractivity contribution in [3.8, 4) is 17.6 Å². The van der Waals surface area contributed by atoms with Crippen LogP contribution >= 0.6 is 34.2 Å². The topological polar surface area (TPSA) is 71.3 Å². The Labute approximate surface area is 205 Å². The second kappa shape index (κ2) is 11.6. The van der Waals surface area contributed by atoms with Gasteiger partial charge in [-0.1, -0.05) is 41.9 Å². The van der Waals surface area contributed by atoms with Crippen LogP contribution in [0.5, 0.6) is 11.5 Å². The molecule has 0 aliphatic heterocycles. The molecule has 0 heterocycles. The first kappa shape index (κ1) is 23.6. The molecule has 0 spiro atoms. The third-order valence-corrected chi connectivity index (χ3v) is 5.39. The fourth-order valence-corrected chi connectivity index (χ4v) is 3.76. The van der Waals surface area contributed by atoms with Crippen LogP contribution in [0.15, 0.2) is 72.3 Å². The van der Waals surface area contributed by atoms with Gasteiger partial charge in [-0.2, -0.15) is 5.26 Å². The Bertz CT molecular complexity index is 1160. The number of hydrogen-bond acceptors (Lipinski definition) is 4. The predicted molar refractivity (Wildman–Crippen MR) is 135 cm³/mol. The van der Waals surface area contributed by atoms with Gasteiger partial charge in [0.2, 0.25) is 0 Å². The molecule has 162 valence electrons. The van der Waals surface area contributed by atoms with Gasteiger partial charge in [0.05, 0.1) is 10.2 Å². The molecule has 0 saturated carbocycles. The number of carbonyl (C=O) groups excluding carboxylic acids is 1. The van der Waals surface area contributed by atoms with Crippen molar-refractivity contribution in [1.82, 2.24) is 0 Å². The SMILES string of the molecule is CCOc1cc(/C=C(/C#N)C(=O)Nc2ccc(Cl)cc2)cc(I)c1OCc1ccccc1. The summed E-state index contributed by atoms with van der Waals surface area (Å²) in [5, 5.41) is 12.8. The van der Waals surface area contributed by atoms with Crippen LogP contribution in [0.25, 0.3) is 6.08 Å². The van der Waals surface area contributed by atoms with Crippen molar-refractivity contribution < 1.29 is 14.3 Å². The highest BCUT2D eigenvalue weighted by Gasteiger charge is 2.15. The summed E-state index contributed by atoms with van der Waals surface area (Å²) in [5.41, 5.74) is 2.22. The molecule has 0 saturated heterocycles. The molecule has 1 N–H and O–H groups in total. The fourth-order valence-electron chi connectivity index (χ4n) is 2.85. The molecule has 0 radical (unpaired) electrons. The Hall–Kier alpha value is -3.02. The maximum atomic E-state index is 12.6. The van der Waals surface area contributed by atoms with E-state index in [-0.39, 0.29) is 5.57 Å². The lowest BCUT2D eigenvalue weighted by atomic mass is 10.1. The highest BCUT2D eigenvalue weighted by Crippen LogP contribution is 2.35. The second-order valence-electron chi connectivity index (χ2n) is 6.67. The van der Waals surface area contributed by atoms with Gasteiger partial charge in [-0.3, -0.25) is 4.79 Å². The molecule has 0 aromatic heterocycles. The normalized spacial score (nSPS) is 10.9. The quantitative estimate of drug-likeness (QED) is 0.195. The zero-order valence-electron chi connectivity index (χ0n) is 17.3. The molecule has 3 aromatic carbocycles. The number of ether oxygens (including phenoxy) is 2. The minimum atomic E-state index is -0.507. The highest BCUT2D eigenvalue weighted by molar-refractivity contribution is 14.1. The monoisotopic (exact) mass is 558 g/mol. The number of nitriles is 1. The number of carbonyl (C=O) groups is 1. The van der Waals surface area contributed by atoms with Crippen LogP contribution in [0.4, 0.5) is 5.69 Å². The molecule has 0 atom stereocenters. The maximum absolute atomic E-state index is 12.6. The van der Waals surface area contributed by atoms with Gasteiger partial charge < -0.3 is 14.8 Å². The van der Waals surface area contributed by atoms with E-state index < -0.39 is 5.91 Å². The first-order chi connectivity index (χ1) is 15.5. The van der Waals surface area contributed by atoms with Gasteiger partial charge in [0.25, 0.3) is 5.91 Å². The van der Waals surface area contributed by atoms with E-state index in [0.717, 1.165) is 9.13 Å². The fraction of sp³-hybridized carbons (Fsp3) is 0.120. The summed E-state index contributed by atoms with van der Waals surface area (Å²) >= 11 is 8.03. The van der Waals surface area contributed by atoms with Gasteiger partial charge in [0, 0.05) is 10.7 Å². The van der Waals surface area contributed by atoms with Crippen LogP contribution in [0.2, 0.25) is 5.02 Å². The molecule has 3 rings (SSSR count). The number of benzene rings is 3. The smallest absolute Gasteiger partial charge is 0.266 e. The van der Waals surface area contributed by atoms with Crippen LogP contribution < -0.4 is 14.8 Å². The number of nitrogens with zero attached hydrogens (tertiary/aromatic N) is 1. The number of hydrogen-bond donors (Lipinski definition) is 1. The molecule has 0 unspecified atom stereocenters. The van der Waals surface area contributed by atoms with Crippen molar-refractivity contribution in [3.63, 3.8) is 0 Å². The number of rotatable bonds is 8. The Balaban J connectivity index is 1.83. The number of anilines is 1. The molecule has 7 heteroatoms. The van der Waals surface area contributed by atoms with Crippen molar-refractivity contribution in [2.45, 2.75) is 13.5 Å². The molecular formula is C25H20ClIN2O3. The van der Waals surface area contributed by atoms with Crippen molar-refractivity contribution in [3.05, 3.63) is 92.0 Å². The van der Waals surface area contributed by atoms with E-state index in [0.29, 0.717) is 41.0 Å². The molecule has 5 nitrogen and oxygen atoms in total. The Morgan fingerprint density at radius 2 is 1.84 bits per heavy atom. The van der Waals surface area contributed by atoms with Crippen molar-refractivity contribution in [2.24, 2.45) is 0 Å². The number of halogens is 2. The van der Waals surface area contributed by atoms with Gasteiger partial charge >= 0.3 is 0 Å². The zero-order chi connectivity index (χ0) is 22.9. The van der Waals surface area contributed by atoms with E-state index in [1.165, 1.54) is 6.08 Å². The molecule has 3 aromatic rings. The van der Waals surface area contributed by atoms with E-state index >= 15 is 0 Å². The summed E-state index contributed by atoms with van der Waals surface area (Å²) in [5.74, 6) is 0.668. The summed E-state index contributed by atoms with van der Waals surface area (Å²) in [6.45, 7) is 2.74. The molecule has 0 aliphatic rings. The summed E-state index contributed by atoms with van der Waals surface area (Å²) in [6.07, 6.45) is 1.52. The first-order valence-electron chi connectivity index (χ1n) is 9.82. The Kier molecular flexibility index (Phi) is 8.54. The van der Waals surface area contributed by atoms with E-state index in [9.17, 15) is 10.1 Å². The standard InChI is InChI=1S/C25H20ClIN2O3/c1-2-31-23-14-18(13-22(27)24(23)32-16-17-6-4-3-5-7-17)12-19(15-28)25(30)29-21-10-8-20(26)9-11-21/h3-14H,2,16H2,1H3,(H,29,30)/b19-12-. The van der Waals surface area contributed by atoms with Crippen LogP contribution in [0.3, 0.4) is 0 Å². The van der Waals surface area contributed by atoms with E-state index in [2.05, 4.69) is 27.9 Å². The predicted octanol–water partition coefficient (Wildman–Crippen LogP) is 6.47. The molecule has 32 heavy (non-hydrogen) atoms. The average Bonchev–Trinajstić information content (AvgIpc) is 2.79. The molecule has 1 amide bonds. The van der Waals surface area contributed by atoms with E-state index in [1.807, 2.05) is 49.4 Å². The maximum Gasteiger partial charge on any atom is 0.266 e. The molecule has 0 fully saturated rings. The second-order valence-corrected chi connectivity index (χ2v) is 8.27. The minimum absolute atomic E-state index is 0.0313. The zero-order valence-corrected chi connectivity index (χ0v) is 20.2. The molecule has 0 bridgehead atoms. The largest absolute Gasteiger partial charge is 0.490 e. The lowest BCUT2D eigenvalue weighted by Crippen LogP contribution is -2.13. The average molecular weight is 559 g/mol. The Morgan fingerprint density at radius 1 is 1.12 bits per heavy atom.